The van der Waals surface area contributed by atoms with Gasteiger partial charge in [0.15, 0.2) is 0 Å². The van der Waals surface area contributed by atoms with Gasteiger partial charge in [-0.25, -0.2) is 4.98 Å². The van der Waals surface area contributed by atoms with Crippen molar-refractivity contribution < 1.29 is 9.53 Å². The normalized spacial score (nSPS) is 10.7. The molecular weight excluding hydrogens is 338 g/mol. The van der Waals surface area contributed by atoms with Crippen molar-refractivity contribution in [3.05, 3.63) is 95.7 Å². The highest BCUT2D eigenvalue weighted by atomic mass is 16.5. The summed E-state index contributed by atoms with van der Waals surface area (Å²) in [6.07, 6.45) is 1.59. The Morgan fingerprint density at radius 2 is 1.48 bits per heavy atom. The third-order valence-corrected chi connectivity index (χ3v) is 4.18. The van der Waals surface area contributed by atoms with Gasteiger partial charge in [-0.1, -0.05) is 60.7 Å². The van der Waals surface area contributed by atoms with Crippen LogP contribution >= 0.6 is 0 Å². The van der Waals surface area contributed by atoms with Crippen LogP contribution in [0.15, 0.2) is 79.0 Å². The lowest BCUT2D eigenvalue weighted by Crippen LogP contribution is -2.28. The number of aromatic nitrogens is 1. The lowest BCUT2D eigenvalue weighted by atomic mass is 10.1. The highest BCUT2D eigenvalue weighted by Gasteiger charge is 2.12. The summed E-state index contributed by atoms with van der Waals surface area (Å²) in [6, 6.07) is 23.9. The van der Waals surface area contributed by atoms with Crippen LogP contribution in [0, 0.1) is 0 Å². The Bertz CT molecular complexity index is 812. The molecule has 138 valence electrons. The maximum Gasteiger partial charge on any atom is 0.254 e. The van der Waals surface area contributed by atoms with Gasteiger partial charge in [-0.05, 0) is 23.3 Å². The number of hydrogen-bond acceptors (Lipinski definition) is 4. The van der Waals surface area contributed by atoms with E-state index in [9.17, 15) is 4.79 Å². The van der Waals surface area contributed by atoms with Gasteiger partial charge in [-0.2, -0.15) is 0 Å². The number of pyridine rings is 1. The van der Waals surface area contributed by atoms with Crippen molar-refractivity contribution in [2.45, 2.75) is 13.1 Å². The molecule has 2 aromatic carbocycles. The summed E-state index contributed by atoms with van der Waals surface area (Å²) in [5.74, 6) is -0.257. The molecular formula is C22H23N3O2. The van der Waals surface area contributed by atoms with Crippen molar-refractivity contribution in [2.24, 2.45) is 5.73 Å². The quantitative estimate of drug-likeness (QED) is 0.635. The smallest absolute Gasteiger partial charge is 0.254 e. The van der Waals surface area contributed by atoms with Gasteiger partial charge >= 0.3 is 0 Å². The summed E-state index contributed by atoms with van der Waals surface area (Å²) in [4.78, 5) is 17.9. The number of amides is 1. The van der Waals surface area contributed by atoms with Crippen molar-refractivity contribution in [3.8, 4) is 5.88 Å². The molecule has 1 heterocycles. The van der Waals surface area contributed by atoms with E-state index < -0.39 is 5.91 Å². The highest BCUT2D eigenvalue weighted by Crippen LogP contribution is 2.14. The third kappa shape index (κ3) is 5.66. The zero-order valence-electron chi connectivity index (χ0n) is 15.1. The van der Waals surface area contributed by atoms with Crippen molar-refractivity contribution >= 4 is 5.91 Å². The molecule has 5 nitrogen and oxygen atoms in total. The molecule has 0 aliphatic heterocycles. The third-order valence-electron chi connectivity index (χ3n) is 4.18. The summed E-state index contributed by atoms with van der Waals surface area (Å²) in [5.41, 5.74) is 8.16. The van der Waals surface area contributed by atoms with Crippen LogP contribution in [0.2, 0.25) is 0 Å². The molecule has 5 heteroatoms. The molecule has 27 heavy (non-hydrogen) atoms. The van der Waals surface area contributed by atoms with E-state index in [0.29, 0.717) is 18.7 Å². The van der Waals surface area contributed by atoms with E-state index in [2.05, 4.69) is 34.1 Å². The van der Waals surface area contributed by atoms with Crippen molar-refractivity contribution in [1.29, 1.82) is 0 Å². The van der Waals surface area contributed by atoms with E-state index in [4.69, 9.17) is 10.5 Å². The van der Waals surface area contributed by atoms with Crippen molar-refractivity contribution in [1.82, 2.24) is 9.88 Å². The summed E-state index contributed by atoms with van der Waals surface area (Å²) in [5, 5.41) is 0. The summed E-state index contributed by atoms with van der Waals surface area (Å²) in [6.45, 7) is 2.73. The fraction of sp³-hybridized carbons (Fsp3) is 0.182. The van der Waals surface area contributed by atoms with E-state index in [0.717, 1.165) is 13.1 Å². The van der Waals surface area contributed by atoms with E-state index in [1.165, 1.54) is 11.1 Å². The number of hydrogen-bond donors (Lipinski definition) is 1. The zero-order valence-corrected chi connectivity index (χ0v) is 15.1. The first-order chi connectivity index (χ1) is 13.2. The number of carbonyl (C=O) groups is 1. The van der Waals surface area contributed by atoms with Crippen LogP contribution in [-0.2, 0) is 13.1 Å². The minimum atomic E-state index is -0.538. The molecule has 1 aromatic heterocycles. The minimum Gasteiger partial charge on any atom is -0.476 e. The number of nitrogens with two attached hydrogens (primary N) is 1. The predicted molar refractivity (Wildman–Crippen MR) is 105 cm³/mol. The SMILES string of the molecule is NC(=O)c1cccnc1OCCN(Cc1ccccc1)Cc1ccccc1. The van der Waals surface area contributed by atoms with Crippen LogP contribution in [0.5, 0.6) is 5.88 Å². The van der Waals surface area contributed by atoms with Gasteiger partial charge < -0.3 is 10.5 Å². The molecule has 1 amide bonds. The van der Waals surface area contributed by atoms with Gasteiger partial charge in [0, 0.05) is 25.8 Å². The fourth-order valence-corrected chi connectivity index (χ4v) is 2.86. The molecule has 0 unspecified atom stereocenters. The predicted octanol–water partition coefficient (Wildman–Crippen LogP) is 3.26. The Hall–Kier alpha value is -3.18. The second kappa shape index (κ2) is 9.50. The van der Waals surface area contributed by atoms with Gasteiger partial charge in [0.1, 0.15) is 12.2 Å². The number of benzene rings is 2. The maximum absolute atomic E-state index is 11.5. The van der Waals surface area contributed by atoms with E-state index in [1.54, 1.807) is 18.3 Å². The van der Waals surface area contributed by atoms with E-state index in [-0.39, 0.29) is 5.88 Å². The molecule has 3 rings (SSSR count). The molecule has 3 aromatic rings. The lowest BCUT2D eigenvalue weighted by Gasteiger charge is -2.23. The molecule has 0 saturated carbocycles. The van der Waals surface area contributed by atoms with E-state index in [1.807, 2.05) is 36.4 Å². The van der Waals surface area contributed by atoms with Gasteiger partial charge in [0.05, 0.1) is 0 Å². The molecule has 0 atom stereocenters. The van der Waals surface area contributed by atoms with Crippen molar-refractivity contribution in [2.75, 3.05) is 13.2 Å². The average molecular weight is 361 g/mol. The number of carbonyl (C=O) groups excluding carboxylic acids is 1. The summed E-state index contributed by atoms with van der Waals surface area (Å²) in [7, 11) is 0. The van der Waals surface area contributed by atoms with Crippen LogP contribution in [0.4, 0.5) is 0 Å². The Morgan fingerprint density at radius 1 is 0.889 bits per heavy atom. The first-order valence-corrected chi connectivity index (χ1v) is 8.90. The Balaban J connectivity index is 1.65. The van der Waals surface area contributed by atoms with Gasteiger partial charge in [-0.15, -0.1) is 0 Å². The minimum absolute atomic E-state index is 0.282. The number of ether oxygens (including phenoxy) is 1. The van der Waals surface area contributed by atoms with Gasteiger partial charge in [0.2, 0.25) is 5.88 Å². The van der Waals surface area contributed by atoms with Crippen LogP contribution in [0.25, 0.3) is 0 Å². The average Bonchev–Trinajstić information content (AvgIpc) is 2.70. The second-order valence-electron chi connectivity index (χ2n) is 6.25. The standard InChI is InChI=1S/C22H23N3O2/c23-21(26)20-12-7-13-24-22(20)27-15-14-25(16-18-8-3-1-4-9-18)17-19-10-5-2-6-11-19/h1-13H,14-17H2,(H2,23,26). The molecule has 0 spiro atoms. The monoisotopic (exact) mass is 361 g/mol. The molecule has 0 radical (unpaired) electrons. The first kappa shape index (κ1) is 18.6. The molecule has 0 bridgehead atoms. The summed E-state index contributed by atoms with van der Waals surface area (Å²) < 4.78 is 5.75. The van der Waals surface area contributed by atoms with Crippen LogP contribution in [-0.4, -0.2) is 28.9 Å². The molecule has 0 aliphatic rings. The second-order valence-corrected chi connectivity index (χ2v) is 6.25. The molecule has 0 fully saturated rings. The maximum atomic E-state index is 11.5. The highest BCUT2D eigenvalue weighted by molar-refractivity contribution is 5.94. The Morgan fingerprint density at radius 3 is 2.04 bits per heavy atom. The summed E-state index contributed by atoms with van der Waals surface area (Å²) >= 11 is 0. The Kier molecular flexibility index (Phi) is 6.55. The van der Waals surface area contributed by atoms with Crippen molar-refractivity contribution in [3.63, 3.8) is 0 Å². The zero-order chi connectivity index (χ0) is 18.9. The van der Waals surface area contributed by atoms with Gasteiger partial charge in [0.25, 0.3) is 5.91 Å². The number of rotatable bonds is 9. The largest absolute Gasteiger partial charge is 0.476 e. The van der Waals surface area contributed by atoms with Crippen LogP contribution < -0.4 is 10.5 Å². The molecule has 0 saturated heterocycles. The number of primary amides is 1. The Labute approximate surface area is 159 Å². The van der Waals surface area contributed by atoms with Crippen LogP contribution in [0.3, 0.4) is 0 Å². The lowest BCUT2D eigenvalue weighted by molar-refractivity contribution is 0.0994. The van der Waals surface area contributed by atoms with E-state index >= 15 is 0 Å². The fourth-order valence-electron chi connectivity index (χ4n) is 2.86. The van der Waals surface area contributed by atoms with Crippen LogP contribution in [0.1, 0.15) is 21.5 Å². The molecule has 0 aliphatic carbocycles. The number of nitrogens with zero attached hydrogens (tertiary/aromatic N) is 2. The topological polar surface area (TPSA) is 68.5 Å². The molecule has 2 N–H and O–H groups in total. The van der Waals surface area contributed by atoms with Gasteiger partial charge in [-0.3, -0.25) is 9.69 Å². The first-order valence-electron chi connectivity index (χ1n) is 8.90.